The van der Waals surface area contributed by atoms with Crippen LogP contribution in [0.3, 0.4) is 0 Å². The average molecular weight is 556 g/mol. The minimum Gasteiger partial charge on any atom is -0.396 e. The number of hydrogen-bond acceptors (Lipinski definition) is 5. The summed E-state index contributed by atoms with van der Waals surface area (Å²) in [6, 6.07) is 19.5. The van der Waals surface area contributed by atoms with Crippen molar-refractivity contribution >= 4 is 16.8 Å². The highest BCUT2D eigenvalue weighted by Gasteiger charge is 2.48. The molecule has 41 heavy (non-hydrogen) atoms. The summed E-state index contributed by atoms with van der Waals surface area (Å²) in [5, 5.41) is 25.9. The Morgan fingerprint density at radius 2 is 1.78 bits per heavy atom. The van der Waals surface area contributed by atoms with Crippen molar-refractivity contribution in [3.8, 4) is 11.8 Å². The number of aliphatic hydroxyl groups excluding tert-OH is 2. The zero-order chi connectivity index (χ0) is 28.9. The summed E-state index contributed by atoms with van der Waals surface area (Å²) in [6.45, 7) is 3.95. The third-order valence-corrected chi connectivity index (χ3v) is 7.47. The Hall–Kier alpha value is -4.00. The molecular formula is C33H34FN3O4. The summed E-state index contributed by atoms with van der Waals surface area (Å²) >= 11 is 0. The predicted molar refractivity (Wildman–Crippen MR) is 155 cm³/mol. The Bertz CT molecular complexity index is 1550. The van der Waals surface area contributed by atoms with Crippen LogP contribution in [0.15, 0.2) is 72.9 Å². The molecule has 1 aromatic heterocycles. The van der Waals surface area contributed by atoms with Crippen molar-refractivity contribution in [3.05, 3.63) is 107 Å². The number of carbonyl (C=O) groups is 1. The number of halogens is 1. The molecule has 1 fully saturated rings. The van der Waals surface area contributed by atoms with Gasteiger partial charge in [-0.15, -0.1) is 0 Å². The van der Waals surface area contributed by atoms with Crippen molar-refractivity contribution < 1.29 is 24.2 Å². The first-order chi connectivity index (χ1) is 19.8. The Labute approximate surface area is 238 Å². The maximum Gasteiger partial charge on any atom is 0.240 e. The zero-order valence-corrected chi connectivity index (χ0v) is 23.1. The monoisotopic (exact) mass is 555 g/mol. The minimum absolute atomic E-state index is 0.289. The lowest BCUT2D eigenvalue weighted by atomic mass is 9.92. The van der Waals surface area contributed by atoms with E-state index in [9.17, 15) is 19.4 Å². The molecule has 5 rings (SSSR count). The van der Waals surface area contributed by atoms with Crippen molar-refractivity contribution in [2.75, 3.05) is 13.2 Å². The molecule has 0 saturated carbocycles. The number of aromatic nitrogens is 1. The van der Waals surface area contributed by atoms with Gasteiger partial charge in [0.1, 0.15) is 18.0 Å². The number of benzene rings is 3. The molecule has 0 spiro atoms. The summed E-state index contributed by atoms with van der Waals surface area (Å²) in [6.07, 6.45) is 0.757. The fourth-order valence-electron chi connectivity index (χ4n) is 5.25. The van der Waals surface area contributed by atoms with E-state index in [1.165, 1.54) is 17.7 Å². The van der Waals surface area contributed by atoms with Gasteiger partial charge in [-0.2, -0.15) is 5.06 Å². The van der Waals surface area contributed by atoms with E-state index in [0.29, 0.717) is 18.5 Å². The Morgan fingerprint density at radius 1 is 1.10 bits per heavy atom. The summed E-state index contributed by atoms with van der Waals surface area (Å²) in [4.78, 5) is 22.5. The molecule has 1 saturated heterocycles. The molecule has 1 aliphatic heterocycles. The Morgan fingerprint density at radius 3 is 2.44 bits per heavy atom. The number of fused-ring (bicyclic) bond motifs is 1. The van der Waals surface area contributed by atoms with Gasteiger partial charge in [0.05, 0.1) is 19.3 Å². The number of nitrogens with one attached hydrogen (secondary N) is 2. The second-order valence-electron chi connectivity index (χ2n) is 10.5. The van der Waals surface area contributed by atoms with Crippen molar-refractivity contribution in [2.24, 2.45) is 5.92 Å². The summed E-state index contributed by atoms with van der Waals surface area (Å²) in [7, 11) is 0. The lowest BCUT2D eigenvalue weighted by molar-refractivity contribution is -0.192. The number of aromatic amines is 1. The maximum absolute atomic E-state index is 13.5. The van der Waals surface area contributed by atoms with E-state index >= 15 is 0 Å². The first-order valence-electron chi connectivity index (χ1n) is 13.8. The fourth-order valence-corrected chi connectivity index (χ4v) is 5.25. The van der Waals surface area contributed by atoms with Gasteiger partial charge in [-0.25, -0.2) is 4.39 Å². The van der Waals surface area contributed by atoms with Crippen LogP contribution in [-0.4, -0.2) is 57.6 Å². The molecule has 4 aromatic rings. The molecule has 0 bridgehead atoms. The van der Waals surface area contributed by atoms with Crippen LogP contribution in [-0.2, 0) is 22.6 Å². The molecule has 0 radical (unpaired) electrons. The number of hydrogen-bond donors (Lipinski definition) is 4. The largest absolute Gasteiger partial charge is 0.396 e. The molecule has 7 nitrogen and oxygen atoms in total. The highest BCUT2D eigenvalue weighted by molar-refractivity contribution is 5.84. The highest BCUT2D eigenvalue weighted by Crippen LogP contribution is 2.31. The molecule has 212 valence electrons. The molecule has 2 heterocycles. The number of aryl methyl sites for hydroxylation is 1. The number of nitrogens with zero attached hydrogens (tertiary/aromatic N) is 1. The highest BCUT2D eigenvalue weighted by atomic mass is 19.1. The molecule has 8 heteroatoms. The predicted octanol–water partition coefficient (Wildman–Crippen LogP) is 3.85. The van der Waals surface area contributed by atoms with Gasteiger partial charge in [0, 0.05) is 40.7 Å². The van der Waals surface area contributed by atoms with E-state index in [4.69, 9.17) is 4.84 Å². The third kappa shape index (κ3) is 6.67. The fraction of sp³-hybridized carbons (Fsp3) is 0.303. The average Bonchev–Trinajstić information content (AvgIpc) is 3.54. The number of hydroxylamine groups is 2. The van der Waals surface area contributed by atoms with Gasteiger partial charge in [0.15, 0.2) is 0 Å². The number of carbonyl (C=O) groups excluding carboxylic acids is 1. The number of H-pyrrole nitrogens is 1. The Kier molecular flexibility index (Phi) is 8.81. The van der Waals surface area contributed by atoms with Crippen molar-refractivity contribution in [2.45, 2.75) is 45.1 Å². The van der Waals surface area contributed by atoms with E-state index in [2.05, 4.69) is 22.1 Å². The first-order valence-corrected chi connectivity index (χ1v) is 13.8. The van der Waals surface area contributed by atoms with E-state index < -0.39 is 24.2 Å². The van der Waals surface area contributed by atoms with Gasteiger partial charge in [0.25, 0.3) is 0 Å². The van der Waals surface area contributed by atoms with Crippen LogP contribution in [0.5, 0.6) is 0 Å². The van der Waals surface area contributed by atoms with Gasteiger partial charge in [0.2, 0.25) is 5.91 Å². The van der Waals surface area contributed by atoms with Gasteiger partial charge >= 0.3 is 0 Å². The van der Waals surface area contributed by atoms with Crippen LogP contribution in [0, 0.1) is 30.5 Å². The summed E-state index contributed by atoms with van der Waals surface area (Å²) in [5.74, 6) is 5.12. The lowest BCUT2D eigenvalue weighted by Crippen LogP contribution is -2.48. The number of amides is 1. The zero-order valence-electron chi connectivity index (χ0n) is 23.1. The van der Waals surface area contributed by atoms with Crippen LogP contribution >= 0.6 is 0 Å². The van der Waals surface area contributed by atoms with E-state index in [1.54, 1.807) is 18.1 Å². The number of aliphatic hydroxyl groups is 2. The molecule has 0 unspecified atom stereocenters. The van der Waals surface area contributed by atoms with Crippen molar-refractivity contribution in [3.63, 3.8) is 0 Å². The molecular weight excluding hydrogens is 521 g/mol. The maximum atomic E-state index is 13.5. The SMILES string of the molecule is Cc1ccc(C#Cc2ccc(CN3O[C@H]([C@@H](C)O)[C@H](CO)[C@@H]3C(=O)NCCc3c[nH]c4cc(F)ccc34)cc2)cc1. The lowest BCUT2D eigenvalue weighted by Gasteiger charge is -2.24. The van der Waals surface area contributed by atoms with Gasteiger partial charge in [-0.1, -0.05) is 41.7 Å². The summed E-state index contributed by atoms with van der Waals surface area (Å²) < 4.78 is 13.5. The molecule has 1 amide bonds. The van der Waals surface area contributed by atoms with Gasteiger partial charge < -0.3 is 20.5 Å². The minimum atomic E-state index is -0.876. The van der Waals surface area contributed by atoms with E-state index in [0.717, 1.165) is 27.6 Å². The normalized spacial score (nSPS) is 19.6. The molecule has 4 N–H and O–H groups in total. The molecule has 0 aliphatic carbocycles. The van der Waals surface area contributed by atoms with Gasteiger partial charge in [-0.05, 0) is 73.9 Å². The van der Waals surface area contributed by atoms with Crippen LogP contribution in [0.4, 0.5) is 4.39 Å². The smallest absolute Gasteiger partial charge is 0.240 e. The Balaban J connectivity index is 1.26. The first kappa shape index (κ1) is 28.5. The van der Waals surface area contributed by atoms with Gasteiger partial charge in [-0.3, -0.25) is 9.63 Å². The standard InChI is InChI=1S/C33H34FN3O4/c1-21-3-5-23(6-4-21)7-8-24-9-11-25(12-10-24)19-37-31(29(20-38)32(41-37)22(2)39)33(40)35-16-15-26-18-36-30-17-27(34)13-14-28(26)30/h3-6,9-14,17-18,22,29,31-32,36,38-39H,15-16,19-20H2,1-2H3,(H,35,40)/t22-,29-,31-,32-/m1/s1. The van der Waals surface area contributed by atoms with Crippen molar-refractivity contribution in [1.82, 2.24) is 15.4 Å². The third-order valence-electron chi connectivity index (χ3n) is 7.47. The van der Waals surface area contributed by atoms with Crippen LogP contribution in [0.2, 0.25) is 0 Å². The topological polar surface area (TPSA) is 97.8 Å². The second-order valence-corrected chi connectivity index (χ2v) is 10.5. The number of rotatable bonds is 8. The van der Waals surface area contributed by atoms with Crippen molar-refractivity contribution in [1.29, 1.82) is 0 Å². The summed E-state index contributed by atoms with van der Waals surface area (Å²) in [5.41, 5.74) is 5.56. The van der Waals surface area contributed by atoms with E-state index in [1.807, 2.05) is 61.7 Å². The molecule has 4 atom stereocenters. The van der Waals surface area contributed by atoms with E-state index in [-0.39, 0.29) is 24.9 Å². The van der Waals surface area contributed by atoms with Crippen LogP contribution in [0.25, 0.3) is 10.9 Å². The quantitative estimate of drug-likeness (QED) is 0.248. The molecule has 3 aromatic carbocycles. The van der Waals surface area contributed by atoms with Crippen LogP contribution < -0.4 is 5.32 Å². The van der Waals surface area contributed by atoms with Crippen LogP contribution in [0.1, 0.15) is 34.7 Å². The molecule has 1 aliphatic rings. The second kappa shape index (κ2) is 12.7.